The summed E-state index contributed by atoms with van der Waals surface area (Å²) < 4.78 is 6.54. The van der Waals surface area contributed by atoms with E-state index in [0.29, 0.717) is 6.54 Å². The topological polar surface area (TPSA) is 56.1 Å². The molecule has 0 radical (unpaired) electrons. The van der Waals surface area contributed by atoms with Crippen LogP contribution >= 0.6 is 0 Å². The smallest absolute Gasteiger partial charge is 0.310 e. The summed E-state index contributed by atoms with van der Waals surface area (Å²) in [7, 11) is 3.31. The van der Waals surface area contributed by atoms with E-state index in [1.165, 1.54) is 7.11 Å². The molecule has 1 saturated heterocycles. The van der Waals surface area contributed by atoms with Crippen LogP contribution in [0.3, 0.4) is 0 Å². The Labute approximate surface area is 88.4 Å². The maximum Gasteiger partial charge on any atom is 0.310 e. The van der Waals surface area contributed by atoms with E-state index in [9.17, 15) is 4.79 Å². The second-order valence-electron chi connectivity index (χ2n) is 3.84. The van der Waals surface area contributed by atoms with E-state index in [0.717, 1.165) is 12.1 Å². The molecule has 5 heteroatoms. The van der Waals surface area contributed by atoms with E-state index in [2.05, 4.69) is 10.4 Å². The van der Waals surface area contributed by atoms with Crippen LogP contribution in [0.25, 0.3) is 0 Å². The molecule has 2 atom stereocenters. The van der Waals surface area contributed by atoms with Crippen molar-refractivity contribution >= 4 is 5.97 Å². The number of carbonyl (C=O) groups is 1. The number of hydrogen-bond donors (Lipinski definition) is 1. The fraction of sp³-hybridized carbons (Fsp3) is 0.600. The monoisotopic (exact) mass is 209 g/mol. The third-order valence-electron chi connectivity index (χ3n) is 2.87. The summed E-state index contributed by atoms with van der Waals surface area (Å²) in [4.78, 5) is 11.5. The van der Waals surface area contributed by atoms with Crippen molar-refractivity contribution < 1.29 is 9.53 Å². The van der Waals surface area contributed by atoms with Gasteiger partial charge in [-0.1, -0.05) is 0 Å². The fourth-order valence-electron chi connectivity index (χ4n) is 2.06. The van der Waals surface area contributed by atoms with Crippen LogP contribution in [0.15, 0.2) is 12.4 Å². The van der Waals surface area contributed by atoms with E-state index < -0.39 is 0 Å². The lowest BCUT2D eigenvalue weighted by atomic mass is 9.91. The highest BCUT2D eigenvalue weighted by Gasteiger charge is 2.35. The zero-order chi connectivity index (χ0) is 10.8. The number of carbonyl (C=O) groups excluding carboxylic acids is 1. The summed E-state index contributed by atoms with van der Waals surface area (Å²) in [6.07, 6.45) is 3.77. The molecule has 1 fully saturated rings. The number of aromatic nitrogens is 2. The Morgan fingerprint density at radius 3 is 3.07 bits per heavy atom. The lowest BCUT2D eigenvalue weighted by Crippen LogP contribution is -2.22. The molecule has 0 saturated carbocycles. The van der Waals surface area contributed by atoms with Gasteiger partial charge in [-0.2, -0.15) is 5.10 Å². The summed E-state index contributed by atoms with van der Waals surface area (Å²) in [5.41, 5.74) is 1.10. The Balaban J connectivity index is 2.18. The molecule has 2 rings (SSSR count). The molecule has 0 aliphatic carbocycles. The molecule has 1 aromatic heterocycles. The third-order valence-corrected chi connectivity index (χ3v) is 2.87. The lowest BCUT2D eigenvalue weighted by molar-refractivity contribution is -0.145. The number of aryl methyl sites for hydroxylation is 1. The molecule has 5 nitrogen and oxygen atoms in total. The Bertz CT molecular complexity index is 361. The normalized spacial score (nSPS) is 25.5. The number of methoxy groups -OCH3 is 1. The van der Waals surface area contributed by atoms with Crippen molar-refractivity contribution in [2.45, 2.75) is 5.92 Å². The SMILES string of the molecule is COC(=O)C1CNCC1c1cnn(C)c1. The first kappa shape index (κ1) is 10.2. The molecule has 1 N–H and O–H groups in total. The molecular formula is C10H15N3O2. The predicted octanol–water partition coefficient (Wildman–Crippen LogP) is -0.104. The van der Waals surface area contributed by atoms with Crippen LogP contribution < -0.4 is 5.32 Å². The average molecular weight is 209 g/mol. The quantitative estimate of drug-likeness (QED) is 0.691. The third kappa shape index (κ3) is 1.87. The van der Waals surface area contributed by atoms with Crippen molar-refractivity contribution in [1.29, 1.82) is 0 Å². The number of nitrogens with zero attached hydrogens (tertiary/aromatic N) is 2. The van der Waals surface area contributed by atoms with Crippen LogP contribution in [-0.4, -0.2) is 35.9 Å². The zero-order valence-electron chi connectivity index (χ0n) is 8.93. The highest BCUT2D eigenvalue weighted by molar-refractivity contribution is 5.74. The first-order valence-corrected chi connectivity index (χ1v) is 4.99. The van der Waals surface area contributed by atoms with Crippen LogP contribution in [0.5, 0.6) is 0 Å². The van der Waals surface area contributed by atoms with E-state index in [1.54, 1.807) is 4.68 Å². The van der Waals surface area contributed by atoms with Crippen LogP contribution in [0, 0.1) is 5.92 Å². The Morgan fingerprint density at radius 1 is 1.67 bits per heavy atom. The molecule has 0 amide bonds. The average Bonchev–Trinajstić information content (AvgIpc) is 2.84. The standard InChI is InChI=1S/C10H15N3O2/c1-13-6-7(3-12-13)8-4-11-5-9(8)10(14)15-2/h3,6,8-9,11H,4-5H2,1-2H3. The van der Waals surface area contributed by atoms with E-state index in [4.69, 9.17) is 4.74 Å². The molecule has 0 bridgehead atoms. The molecule has 15 heavy (non-hydrogen) atoms. The van der Waals surface area contributed by atoms with Crippen molar-refractivity contribution in [3.63, 3.8) is 0 Å². The van der Waals surface area contributed by atoms with Crippen LogP contribution in [0.1, 0.15) is 11.5 Å². The van der Waals surface area contributed by atoms with Gasteiger partial charge in [0.2, 0.25) is 0 Å². The summed E-state index contributed by atoms with van der Waals surface area (Å²) >= 11 is 0. The van der Waals surface area contributed by atoms with Crippen LogP contribution in [0.4, 0.5) is 0 Å². The summed E-state index contributed by atoms with van der Waals surface area (Å²) in [5.74, 6) is -0.0424. The van der Waals surface area contributed by atoms with Crippen molar-refractivity contribution in [2.75, 3.05) is 20.2 Å². The molecule has 2 unspecified atom stereocenters. The van der Waals surface area contributed by atoms with E-state index >= 15 is 0 Å². The second kappa shape index (κ2) is 4.02. The molecule has 82 valence electrons. The van der Waals surface area contributed by atoms with Crippen molar-refractivity contribution in [1.82, 2.24) is 15.1 Å². The predicted molar refractivity (Wildman–Crippen MR) is 54.3 cm³/mol. The van der Waals surface area contributed by atoms with Gasteiger partial charge in [-0.3, -0.25) is 9.48 Å². The van der Waals surface area contributed by atoms with E-state index in [-0.39, 0.29) is 17.8 Å². The Kier molecular flexibility index (Phi) is 2.73. The minimum Gasteiger partial charge on any atom is -0.469 e. The summed E-state index contributed by atoms with van der Waals surface area (Å²) in [6, 6.07) is 0. The first-order valence-electron chi connectivity index (χ1n) is 4.99. The second-order valence-corrected chi connectivity index (χ2v) is 3.84. The molecule has 0 aromatic carbocycles. The van der Waals surface area contributed by atoms with E-state index in [1.807, 2.05) is 19.4 Å². The summed E-state index contributed by atoms with van der Waals surface area (Å²) in [5, 5.41) is 7.33. The molecule has 2 heterocycles. The molecular weight excluding hydrogens is 194 g/mol. The largest absolute Gasteiger partial charge is 0.469 e. The highest BCUT2D eigenvalue weighted by Crippen LogP contribution is 2.28. The Morgan fingerprint density at radius 2 is 2.47 bits per heavy atom. The van der Waals surface area contributed by atoms with Crippen molar-refractivity contribution in [2.24, 2.45) is 13.0 Å². The summed E-state index contributed by atoms with van der Waals surface area (Å²) in [6.45, 7) is 1.50. The molecule has 1 aromatic rings. The molecule has 0 spiro atoms. The van der Waals surface area contributed by atoms with Gasteiger partial charge in [0.1, 0.15) is 0 Å². The first-order chi connectivity index (χ1) is 7.22. The van der Waals surface area contributed by atoms with Gasteiger partial charge in [-0.05, 0) is 5.56 Å². The minimum atomic E-state index is -0.145. The lowest BCUT2D eigenvalue weighted by Gasteiger charge is -2.14. The van der Waals surface area contributed by atoms with Gasteiger partial charge in [-0.15, -0.1) is 0 Å². The number of esters is 1. The minimum absolute atomic E-state index is 0.0841. The zero-order valence-corrected chi connectivity index (χ0v) is 8.93. The maximum atomic E-state index is 11.5. The molecule has 1 aliphatic heterocycles. The van der Waals surface area contributed by atoms with Gasteiger partial charge in [0.15, 0.2) is 0 Å². The fourth-order valence-corrected chi connectivity index (χ4v) is 2.06. The van der Waals surface area contributed by atoms with Gasteiger partial charge < -0.3 is 10.1 Å². The molecule has 1 aliphatic rings. The van der Waals surface area contributed by atoms with Gasteiger partial charge in [-0.25, -0.2) is 0 Å². The Hall–Kier alpha value is -1.36. The van der Waals surface area contributed by atoms with Gasteiger partial charge in [0.25, 0.3) is 0 Å². The number of rotatable bonds is 2. The number of nitrogens with one attached hydrogen (secondary N) is 1. The maximum absolute atomic E-state index is 11.5. The van der Waals surface area contributed by atoms with Crippen molar-refractivity contribution in [3.05, 3.63) is 18.0 Å². The number of ether oxygens (including phenoxy) is 1. The van der Waals surface area contributed by atoms with Gasteiger partial charge >= 0.3 is 5.97 Å². The van der Waals surface area contributed by atoms with Gasteiger partial charge in [0.05, 0.1) is 19.2 Å². The van der Waals surface area contributed by atoms with Gasteiger partial charge in [0, 0.05) is 32.3 Å². The van der Waals surface area contributed by atoms with Crippen LogP contribution in [0.2, 0.25) is 0 Å². The number of hydrogen-bond acceptors (Lipinski definition) is 4. The highest BCUT2D eigenvalue weighted by atomic mass is 16.5. The van der Waals surface area contributed by atoms with Crippen LogP contribution in [-0.2, 0) is 16.6 Å². The van der Waals surface area contributed by atoms with Crippen molar-refractivity contribution in [3.8, 4) is 0 Å².